The van der Waals surface area contributed by atoms with Gasteiger partial charge in [-0.25, -0.2) is 4.79 Å². The molecular formula is C10H15N3O. The van der Waals surface area contributed by atoms with E-state index in [1.807, 2.05) is 4.90 Å². The Morgan fingerprint density at radius 2 is 2.00 bits per heavy atom. The fourth-order valence-electron chi connectivity index (χ4n) is 2.86. The van der Waals surface area contributed by atoms with Gasteiger partial charge in [-0.1, -0.05) is 12.8 Å². The summed E-state index contributed by atoms with van der Waals surface area (Å²) in [6.45, 7) is 0. The Bertz CT molecular complexity index is 313. The van der Waals surface area contributed by atoms with Gasteiger partial charge in [0, 0.05) is 6.04 Å². The van der Waals surface area contributed by atoms with E-state index in [4.69, 9.17) is 5.73 Å². The van der Waals surface area contributed by atoms with Crippen LogP contribution in [0.15, 0.2) is 4.99 Å². The van der Waals surface area contributed by atoms with Gasteiger partial charge in [0.05, 0.1) is 0 Å². The Morgan fingerprint density at radius 3 is 2.57 bits per heavy atom. The van der Waals surface area contributed by atoms with E-state index in [2.05, 4.69) is 4.99 Å². The number of amidine groups is 1. The summed E-state index contributed by atoms with van der Waals surface area (Å²) in [5.41, 5.74) is 5.74. The summed E-state index contributed by atoms with van der Waals surface area (Å²) in [5, 5.41) is 0. The average Bonchev–Trinajstić information content (AvgIpc) is 2.77. The minimum absolute atomic E-state index is 0.0908. The van der Waals surface area contributed by atoms with E-state index in [1.54, 1.807) is 0 Å². The lowest BCUT2D eigenvalue weighted by molar-refractivity contribution is 0.167. The third-order valence-corrected chi connectivity index (χ3v) is 3.70. The molecule has 0 aromatic heterocycles. The van der Waals surface area contributed by atoms with E-state index >= 15 is 0 Å². The molecule has 0 bridgehead atoms. The highest BCUT2D eigenvalue weighted by Crippen LogP contribution is 2.45. The fourth-order valence-corrected chi connectivity index (χ4v) is 2.86. The first-order valence-electron chi connectivity index (χ1n) is 5.42. The summed E-state index contributed by atoms with van der Waals surface area (Å²) >= 11 is 0. The van der Waals surface area contributed by atoms with Crippen molar-refractivity contribution in [3.63, 3.8) is 0 Å². The molecule has 0 unspecified atom stereocenters. The van der Waals surface area contributed by atoms with Gasteiger partial charge in [-0.05, 0) is 25.7 Å². The molecule has 0 aromatic rings. The number of nitrogens with zero attached hydrogens (tertiary/aromatic N) is 2. The molecule has 2 aliphatic carbocycles. The molecule has 14 heavy (non-hydrogen) atoms. The van der Waals surface area contributed by atoms with Crippen LogP contribution < -0.4 is 5.73 Å². The molecule has 0 saturated heterocycles. The molecule has 3 rings (SSSR count). The fraction of sp³-hybridized carbons (Fsp3) is 0.800. The number of nitrogens with two attached hydrogens (primary N) is 1. The van der Waals surface area contributed by atoms with E-state index in [0.29, 0.717) is 11.9 Å². The maximum absolute atomic E-state index is 11.7. The van der Waals surface area contributed by atoms with Crippen molar-refractivity contribution >= 4 is 11.9 Å². The zero-order valence-electron chi connectivity index (χ0n) is 8.20. The standard InChI is InChI=1S/C10H15N3O/c11-8-10(5-1-2-6-10)13(7-3-4-7)9(14)12-8/h7H,1-6H2,(H2,11,12,14). The Labute approximate surface area is 83.2 Å². The number of carbonyl (C=O) groups is 1. The lowest BCUT2D eigenvalue weighted by Gasteiger charge is -2.34. The molecule has 1 aliphatic heterocycles. The van der Waals surface area contributed by atoms with Gasteiger partial charge in [-0.3, -0.25) is 0 Å². The van der Waals surface area contributed by atoms with Crippen molar-refractivity contribution in [1.82, 2.24) is 4.90 Å². The highest BCUT2D eigenvalue weighted by Gasteiger charge is 2.54. The van der Waals surface area contributed by atoms with Crippen LogP contribution in [-0.4, -0.2) is 28.3 Å². The van der Waals surface area contributed by atoms with Crippen LogP contribution in [0.1, 0.15) is 38.5 Å². The van der Waals surface area contributed by atoms with Crippen LogP contribution in [0.25, 0.3) is 0 Å². The second-order valence-electron chi connectivity index (χ2n) is 4.62. The second kappa shape index (κ2) is 2.49. The van der Waals surface area contributed by atoms with Gasteiger partial charge in [0.1, 0.15) is 11.4 Å². The van der Waals surface area contributed by atoms with Crippen LogP contribution >= 0.6 is 0 Å². The number of hydrogen-bond acceptors (Lipinski definition) is 2. The van der Waals surface area contributed by atoms with Crippen molar-refractivity contribution in [2.75, 3.05) is 0 Å². The lowest BCUT2D eigenvalue weighted by atomic mass is 9.95. The van der Waals surface area contributed by atoms with Gasteiger partial charge in [0.15, 0.2) is 0 Å². The topological polar surface area (TPSA) is 58.7 Å². The van der Waals surface area contributed by atoms with Gasteiger partial charge < -0.3 is 10.6 Å². The predicted molar refractivity (Wildman–Crippen MR) is 53.1 cm³/mol. The lowest BCUT2D eigenvalue weighted by Crippen LogP contribution is -2.53. The van der Waals surface area contributed by atoms with Crippen molar-refractivity contribution in [3.05, 3.63) is 0 Å². The third-order valence-electron chi connectivity index (χ3n) is 3.70. The first-order chi connectivity index (χ1) is 6.74. The molecule has 76 valence electrons. The average molecular weight is 193 g/mol. The zero-order chi connectivity index (χ0) is 9.76. The minimum Gasteiger partial charge on any atom is -0.385 e. The minimum atomic E-state index is -0.168. The molecule has 2 N–H and O–H groups in total. The van der Waals surface area contributed by atoms with E-state index < -0.39 is 0 Å². The third kappa shape index (κ3) is 0.885. The highest BCUT2D eigenvalue weighted by atomic mass is 16.2. The number of aliphatic imine (C=N–C) groups is 1. The number of carbonyl (C=O) groups excluding carboxylic acids is 1. The maximum Gasteiger partial charge on any atom is 0.346 e. The Hall–Kier alpha value is -1.06. The normalized spacial score (nSPS) is 30.1. The van der Waals surface area contributed by atoms with Crippen LogP contribution in [0.3, 0.4) is 0 Å². The Morgan fingerprint density at radius 1 is 1.36 bits per heavy atom. The monoisotopic (exact) mass is 193 g/mol. The van der Waals surface area contributed by atoms with Crippen LogP contribution in [0.2, 0.25) is 0 Å². The summed E-state index contributed by atoms with van der Waals surface area (Å²) < 4.78 is 0. The van der Waals surface area contributed by atoms with Gasteiger partial charge in [-0.2, -0.15) is 4.99 Å². The molecule has 1 spiro atoms. The summed E-state index contributed by atoms with van der Waals surface area (Å²) in [6, 6.07) is 0.345. The smallest absolute Gasteiger partial charge is 0.346 e. The van der Waals surface area contributed by atoms with Gasteiger partial charge in [-0.15, -0.1) is 0 Å². The van der Waals surface area contributed by atoms with Gasteiger partial charge in [0.2, 0.25) is 0 Å². The molecular weight excluding hydrogens is 178 g/mol. The zero-order valence-corrected chi connectivity index (χ0v) is 8.20. The Kier molecular flexibility index (Phi) is 1.47. The largest absolute Gasteiger partial charge is 0.385 e. The van der Waals surface area contributed by atoms with Crippen molar-refractivity contribution in [3.8, 4) is 0 Å². The molecule has 1 heterocycles. The van der Waals surface area contributed by atoms with Crippen molar-refractivity contribution in [1.29, 1.82) is 0 Å². The highest BCUT2D eigenvalue weighted by molar-refractivity contribution is 6.06. The van der Waals surface area contributed by atoms with Crippen LogP contribution in [0, 0.1) is 0 Å². The molecule has 2 amide bonds. The van der Waals surface area contributed by atoms with Crippen LogP contribution in [0.5, 0.6) is 0 Å². The summed E-state index contributed by atoms with van der Waals surface area (Å²) in [5.74, 6) is 0.576. The number of rotatable bonds is 1. The predicted octanol–water partition coefficient (Wildman–Crippen LogP) is 1.25. The summed E-state index contributed by atoms with van der Waals surface area (Å²) in [7, 11) is 0. The van der Waals surface area contributed by atoms with Gasteiger partial charge >= 0.3 is 6.03 Å². The number of hydrogen-bond donors (Lipinski definition) is 1. The van der Waals surface area contributed by atoms with E-state index in [0.717, 1.165) is 25.7 Å². The van der Waals surface area contributed by atoms with Crippen molar-refractivity contribution in [2.45, 2.75) is 50.1 Å². The van der Waals surface area contributed by atoms with Crippen molar-refractivity contribution < 1.29 is 4.79 Å². The van der Waals surface area contributed by atoms with Crippen molar-refractivity contribution in [2.24, 2.45) is 10.7 Å². The quantitative estimate of drug-likeness (QED) is 0.681. The maximum atomic E-state index is 11.7. The SMILES string of the molecule is NC1=NC(=O)N(C2CC2)C12CCCC2. The number of urea groups is 1. The van der Waals surface area contributed by atoms with E-state index in [1.165, 1.54) is 12.8 Å². The molecule has 0 atom stereocenters. The molecule has 0 radical (unpaired) electrons. The molecule has 2 saturated carbocycles. The molecule has 0 aromatic carbocycles. The van der Waals surface area contributed by atoms with Crippen LogP contribution in [0.4, 0.5) is 4.79 Å². The van der Waals surface area contributed by atoms with E-state index in [9.17, 15) is 4.79 Å². The van der Waals surface area contributed by atoms with Gasteiger partial charge in [0.25, 0.3) is 0 Å². The summed E-state index contributed by atoms with van der Waals surface area (Å²) in [4.78, 5) is 17.6. The molecule has 2 fully saturated rings. The molecule has 4 nitrogen and oxygen atoms in total. The van der Waals surface area contributed by atoms with E-state index in [-0.39, 0.29) is 11.6 Å². The Balaban J connectivity index is 1.98. The first kappa shape index (κ1) is 8.26. The number of amides is 2. The molecule has 4 heteroatoms. The molecule has 3 aliphatic rings. The first-order valence-corrected chi connectivity index (χ1v) is 5.42. The van der Waals surface area contributed by atoms with Crippen LogP contribution in [-0.2, 0) is 0 Å². The second-order valence-corrected chi connectivity index (χ2v) is 4.62. The summed E-state index contributed by atoms with van der Waals surface area (Å²) in [6.07, 6.45) is 6.65.